The van der Waals surface area contributed by atoms with Crippen molar-refractivity contribution in [3.05, 3.63) is 48.8 Å². The molecule has 4 aromatic rings. The maximum atomic E-state index is 6.05. The zero-order chi connectivity index (χ0) is 42.3. The number of hydrogen-bond acceptors (Lipinski definition) is 10. The SMILES string of the molecule is C1CCOCC1.C1CCOCC1.CC.CCn1cc(-c2ccc(N3CC(C)(C)C3)cc2OC(C)C)nn1.CN(C)c1cc(N2CC(C)(C)C2)ccc1-c1cn(C)nn1. The van der Waals surface area contributed by atoms with Crippen LogP contribution in [-0.4, -0.2) is 103 Å². The molecular weight excluding hydrogens is 727 g/mol. The van der Waals surface area contributed by atoms with Crippen LogP contribution in [0.1, 0.15) is 101 Å². The fourth-order valence-electron chi connectivity index (χ4n) is 7.33. The molecule has 0 aliphatic carbocycles. The fraction of sp³-hybridized carbons (Fsp3) is 0.652. The Hall–Kier alpha value is -4.16. The molecule has 4 aliphatic rings. The molecule has 0 saturated carbocycles. The van der Waals surface area contributed by atoms with Gasteiger partial charge in [-0.1, -0.05) is 52.0 Å². The second-order valence-corrected chi connectivity index (χ2v) is 17.6. The second kappa shape index (κ2) is 22.3. The van der Waals surface area contributed by atoms with Gasteiger partial charge in [0.25, 0.3) is 0 Å². The lowest BCUT2D eigenvalue weighted by Gasteiger charge is -2.47. The molecule has 12 heteroatoms. The van der Waals surface area contributed by atoms with Gasteiger partial charge in [0, 0.05) is 115 Å². The number of aryl methyl sites for hydroxylation is 2. The molecule has 0 radical (unpaired) electrons. The second-order valence-electron chi connectivity index (χ2n) is 17.6. The maximum absolute atomic E-state index is 6.05. The maximum Gasteiger partial charge on any atom is 0.131 e. The Kier molecular flexibility index (Phi) is 17.9. The summed E-state index contributed by atoms with van der Waals surface area (Å²) in [5, 5.41) is 16.7. The van der Waals surface area contributed by atoms with E-state index in [0.717, 1.165) is 87.4 Å². The van der Waals surface area contributed by atoms with Crippen LogP contribution >= 0.6 is 0 Å². The molecule has 0 N–H and O–H groups in total. The summed E-state index contributed by atoms with van der Waals surface area (Å²) >= 11 is 0. The molecule has 4 saturated heterocycles. The molecule has 4 aliphatic heterocycles. The zero-order valence-corrected chi connectivity index (χ0v) is 38.1. The van der Waals surface area contributed by atoms with E-state index in [4.69, 9.17) is 14.2 Å². The molecule has 0 bridgehead atoms. The minimum absolute atomic E-state index is 0.123. The lowest BCUT2D eigenvalue weighted by atomic mass is 9.84. The van der Waals surface area contributed by atoms with Crippen molar-refractivity contribution in [2.75, 3.05) is 81.4 Å². The van der Waals surface area contributed by atoms with Crippen molar-refractivity contribution in [1.82, 2.24) is 30.0 Å². The van der Waals surface area contributed by atoms with Crippen molar-refractivity contribution in [2.45, 2.75) is 113 Å². The molecule has 2 aromatic carbocycles. The molecule has 8 rings (SSSR count). The van der Waals surface area contributed by atoms with E-state index in [9.17, 15) is 0 Å². The predicted molar refractivity (Wildman–Crippen MR) is 240 cm³/mol. The average molecular weight is 802 g/mol. The average Bonchev–Trinajstić information content (AvgIpc) is 3.87. The van der Waals surface area contributed by atoms with Crippen LogP contribution in [0.4, 0.5) is 17.1 Å². The molecule has 0 amide bonds. The summed E-state index contributed by atoms with van der Waals surface area (Å²) in [4.78, 5) is 6.95. The van der Waals surface area contributed by atoms with Crippen LogP contribution in [0.25, 0.3) is 22.5 Å². The van der Waals surface area contributed by atoms with Gasteiger partial charge in [-0.25, -0.2) is 0 Å². The molecule has 0 spiro atoms. The van der Waals surface area contributed by atoms with Crippen molar-refractivity contribution < 1.29 is 14.2 Å². The van der Waals surface area contributed by atoms with Crippen molar-refractivity contribution in [3.8, 4) is 28.3 Å². The van der Waals surface area contributed by atoms with E-state index in [1.165, 1.54) is 55.6 Å². The lowest BCUT2D eigenvalue weighted by Crippen LogP contribution is -2.53. The highest BCUT2D eigenvalue weighted by molar-refractivity contribution is 5.79. The predicted octanol–water partition coefficient (Wildman–Crippen LogP) is 9.39. The Morgan fingerprint density at radius 1 is 0.690 bits per heavy atom. The van der Waals surface area contributed by atoms with Gasteiger partial charge in [0.2, 0.25) is 0 Å². The largest absolute Gasteiger partial charge is 0.490 e. The minimum Gasteiger partial charge on any atom is -0.490 e. The third-order valence-electron chi connectivity index (χ3n) is 10.2. The first-order valence-electron chi connectivity index (χ1n) is 21.8. The highest BCUT2D eigenvalue weighted by atomic mass is 16.5. The Balaban J connectivity index is 0.000000193. The summed E-state index contributed by atoms with van der Waals surface area (Å²) in [5.74, 6) is 0.880. The first-order chi connectivity index (χ1) is 27.7. The number of benzene rings is 2. The topological polar surface area (TPSA) is 98.8 Å². The standard InChI is InChI=1S/C18H26N4O.C16H23N5.2C5H10O.C2H6/c1-6-22-10-16(19-20-22)15-8-7-14(9-17(15)23-13(2)3)21-11-18(4,5)12-21;1-16(2)10-21(11-16)12-6-7-13(15(8-12)19(3)4)14-9-20(5)18-17-14;2*1-2-4-6-5-3-1;1-2/h7-10,13H,6,11-12H2,1-5H3;6-9H,10-11H2,1-5H3;2*1-5H2;1-2H3. The van der Waals surface area contributed by atoms with Gasteiger partial charge in [-0.3, -0.25) is 9.36 Å². The van der Waals surface area contributed by atoms with Crippen molar-refractivity contribution in [1.29, 1.82) is 0 Å². The number of hydrogen-bond donors (Lipinski definition) is 0. The van der Waals surface area contributed by atoms with Crippen LogP contribution in [0.5, 0.6) is 5.75 Å². The molecule has 4 fully saturated rings. The van der Waals surface area contributed by atoms with E-state index in [2.05, 4.69) is 120 Å². The molecule has 2 aromatic heterocycles. The van der Waals surface area contributed by atoms with Crippen molar-refractivity contribution in [3.63, 3.8) is 0 Å². The van der Waals surface area contributed by atoms with E-state index < -0.39 is 0 Å². The molecule has 12 nitrogen and oxygen atoms in total. The Bertz CT molecular complexity index is 1740. The zero-order valence-electron chi connectivity index (χ0n) is 38.1. The molecule has 0 unspecified atom stereocenters. The van der Waals surface area contributed by atoms with Crippen molar-refractivity contribution in [2.24, 2.45) is 17.9 Å². The van der Waals surface area contributed by atoms with Crippen LogP contribution in [0.2, 0.25) is 0 Å². The smallest absolute Gasteiger partial charge is 0.131 e. The molecular formula is C46H75N9O3. The molecule has 58 heavy (non-hydrogen) atoms. The molecule has 0 atom stereocenters. The van der Waals surface area contributed by atoms with Gasteiger partial charge in [0.15, 0.2) is 0 Å². The van der Waals surface area contributed by atoms with Gasteiger partial charge < -0.3 is 28.9 Å². The Morgan fingerprint density at radius 2 is 1.17 bits per heavy atom. The minimum atomic E-state index is 0.123. The van der Waals surface area contributed by atoms with E-state index in [-0.39, 0.29) is 6.10 Å². The van der Waals surface area contributed by atoms with Crippen LogP contribution in [0.15, 0.2) is 48.8 Å². The van der Waals surface area contributed by atoms with Gasteiger partial charge >= 0.3 is 0 Å². The highest BCUT2D eigenvalue weighted by Crippen LogP contribution is 2.40. The lowest BCUT2D eigenvalue weighted by molar-refractivity contribution is 0.0967. The van der Waals surface area contributed by atoms with E-state index in [1.54, 1.807) is 4.68 Å². The van der Waals surface area contributed by atoms with Gasteiger partial charge in [0.1, 0.15) is 17.1 Å². The number of anilines is 3. The monoisotopic (exact) mass is 802 g/mol. The third-order valence-corrected chi connectivity index (χ3v) is 10.2. The summed E-state index contributed by atoms with van der Waals surface area (Å²) in [6, 6.07) is 13.0. The molecule has 322 valence electrons. The number of ether oxygens (including phenoxy) is 3. The summed E-state index contributed by atoms with van der Waals surface area (Å²) in [6.07, 6.45) is 11.9. The van der Waals surface area contributed by atoms with Crippen LogP contribution in [0.3, 0.4) is 0 Å². The van der Waals surface area contributed by atoms with Gasteiger partial charge in [-0.15, -0.1) is 10.2 Å². The van der Waals surface area contributed by atoms with Crippen LogP contribution < -0.4 is 19.4 Å². The number of rotatable bonds is 8. The third kappa shape index (κ3) is 14.0. The van der Waals surface area contributed by atoms with Gasteiger partial charge in [-0.2, -0.15) is 0 Å². The Morgan fingerprint density at radius 3 is 1.55 bits per heavy atom. The van der Waals surface area contributed by atoms with Gasteiger partial charge in [-0.05, 0) is 100 Å². The van der Waals surface area contributed by atoms with E-state index in [1.807, 2.05) is 51.8 Å². The first kappa shape index (κ1) is 46.5. The Labute approximate surface area is 350 Å². The molecule has 6 heterocycles. The number of nitrogens with zero attached hydrogens (tertiary/aromatic N) is 9. The fourth-order valence-corrected chi connectivity index (χ4v) is 7.33. The summed E-state index contributed by atoms with van der Waals surface area (Å²) in [7, 11) is 6.03. The first-order valence-corrected chi connectivity index (χ1v) is 21.8. The quantitative estimate of drug-likeness (QED) is 0.171. The van der Waals surface area contributed by atoms with E-state index in [0.29, 0.717) is 10.8 Å². The summed E-state index contributed by atoms with van der Waals surface area (Å²) in [5.41, 5.74) is 8.41. The summed E-state index contributed by atoms with van der Waals surface area (Å²) in [6.45, 7) is 28.6. The van der Waals surface area contributed by atoms with Crippen molar-refractivity contribution >= 4 is 17.1 Å². The highest BCUT2D eigenvalue weighted by Gasteiger charge is 2.35. The van der Waals surface area contributed by atoms with Crippen LogP contribution in [0, 0.1) is 10.8 Å². The van der Waals surface area contributed by atoms with Gasteiger partial charge in [0.05, 0.1) is 18.5 Å². The number of aromatic nitrogens is 6. The summed E-state index contributed by atoms with van der Waals surface area (Å²) < 4.78 is 19.8. The normalized spacial score (nSPS) is 17.7. The van der Waals surface area contributed by atoms with Crippen LogP contribution in [-0.2, 0) is 23.1 Å². The van der Waals surface area contributed by atoms with E-state index >= 15 is 0 Å².